The number of ether oxygens (including phenoxy) is 1. The number of carboxylic acids is 1. The molecule has 47 heavy (non-hydrogen) atoms. The molecule has 0 saturated carbocycles. The molecule has 0 bridgehead atoms. The van der Waals surface area contributed by atoms with Gasteiger partial charge in [-0.2, -0.15) is 0 Å². The molecule has 1 aliphatic heterocycles. The number of carbonyl (C=O) groups is 3. The van der Waals surface area contributed by atoms with Crippen molar-refractivity contribution < 1.29 is 28.6 Å². The van der Waals surface area contributed by atoms with Crippen LogP contribution in [0.5, 0.6) is 0 Å². The minimum atomic E-state index is -1.39. The predicted octanol–water partition coefficient (Wildman–Crippen LogP) is 4.40. The van der Waals surface area contributed by atoms with Crippen LogP contribution in [0, 0.1) is 0 Å². The molecule has 5 rings (SSSR count). The maximum absolute atomic E-state index is 13.0. The summed E-state index contributed by atoms with van der Waals surface area (Å²) in [6.45, 7) is 0.618. The van der Waals surface area contributed by atoms with E-state index in [1.54, 1.807) is 12.1 Å². The summed E-state index contributed by atoms with van der Waals surface area (Å²) >= 11 is 0. The average molecular weight is 639 g/mol. The van der Waals surface area contributed by atoms with Crippen LogP contribution >= 0.6 is 0 Å². The average Bonchev–Trinajstić information content (AvgIpc) is 3.03. The lowest BCUT2D eigenvalue weighted by Gasteiger charge is -2.20. The van der Waals surface area contributed by atoms with E-state index < -0.39 is 18.0 Å². The third kappa shape index (κ3) is 8.00. The number of alkyl carbamates (subject to hydrolysis) is 1. The van der Waals surface area contributed by atoms with E-state index in [1.807, 2.05) is 74.1 Å². The Labute approximate surface area is 274 Å². The number of nitrogens with one attached hydrogen (secondary N) is 2. The molecule has 0 aromatic heterocycles. The second-order valence-corrected chi connectivity index (χ2v) is 12.2. The summed E-state index contributed by atoms with van der Waals surface area (Å²) in [6, 6.07) is 16.2. The fourth-order valence-corrected chi connectivity index (χ4v) is 5.81. The first-order valence-corrected chi connectivity index (χ1v) is 16.0. The number of aromatic carboxylic acids is 1. The molecule has 10 heteroatoms. The number of rotatable bonds is 9. The molecule has 2 N–H and O–H groups in total. The van der Waals surface area contributed by atoms with Crippen LogP contribution in [-0.2, 0) is 4.74 Å². The third-order valence-corrected chi connectivity index (χ3v) is 8.39. The standard InChI is InChI=1S/C37H42N4O6/c1-40(2)25-14-17-29-32(22-25)47-33-23-26(41(3)4)15-18-30(33)34(29)28-16-13-24(21-31(28)36(43)44)35(42)38-19-10-20-39-37(45)46-27-11-8-6-5-7-9-12-27/h5-6,13-18,21-23,27H,7-12,19-20H2,1-4H3,(H2-,38,39,42,43,44,45)/b6-5+. The quantitative estimate of drug-likeness (QED) is 0.120. The number of carbonyl (C=O) groups excluding carboxylic acids is 3. The minimum Gasteiger partial charge on any atom is -0.545 e. The van der Waals surface area contributed by atoms with Crippen molar-refractivity contribution in [1.29, 1.82) is 0 Å². The number of benzene rings is 3. The maximum Gasteiger partial charge on any atom is 0.407 e. The van der Waals surface area contributed by atoms with Gasteiger partial charge in [0.05, 0.1) is 12.0 Å². The fraction of sp³-hybridized carbons (Fsp3) is 0.351. The van der Waals surface area contributed by atoms with E-state index in [0.717, 1.165) is 54.1 Å². The van der Waals surface area contributed by atoms with Crippen LogP contribution in [0.1, 0.15) is 59.2 Å². The van der Waals surface area contributed by atoms with Crippen molar-refractivity contribution in [2.24, 2.45) is 0 Å². The Kier molecular flexibility index (Phi) is 10.6. The monoisotopic (exact) mass is 638 g/mol. The van der Waals surface area contributed by atoms with Gasteiger partial charge in [-0.25, -0.2) is 9.37 Å². The van der Waals surface area contributed by atoms with Crippen LogP contribution < -0.4 is 30.6 Å². The van der Waals surface area contributed by atoms with Crippen LogP contribution in [-0.4, -0.2) is 65.4 Å². The summed E-state index contributed by atoms with van der Waals surface area (Å²) in [6.07, 6.45) is 8.78. The maximum atomic E-state index is 13.0. The predicted molar refractivity (Wildman–Crippen MR) is 181 cm³/mol. The molecule has 1 heterocycles. The summed E-state index contributed by atoms with van der Waals surface area (Å²) in [4.78, 5) is 39.8. The Morgan fingerprint density at radius 3 is 2.47 bits per heavy atom. The summed E-state index contributed by atoms with van der Waals surface area (Å²) in [5, 5.41) is 19.8. The van der Waals surface area contributed by atoms with Crippen molar-refractivity contribution in [3.05, 3.63) is 83.2 Å². The normalized spacial score (nSPS) is 15.4. The van der Waals surface area contributed by atoms with E-state index in [-0.39, 0.29) is 23.8 Å². The lowest BCUT2D eigenvalue weighted by molar-refractivity contribution is -0.254. The molecular formula is C37H42N4O6. The molecule has 3 aliphatic rings. The van der Waals surface area contributed by atoms with Crippen molar-refractivity contribution in [2.45, 2.75) is 44.6 Å². The number of allylic oxidation sites excluding steroid dienone is 2. The SMILES string of the molecule is CN(C)c1ccc2c(-c3ccc(C(=O)NCCCNC(=O)OC4CC/C=C/CCC4)cc3C(=O)[O-])c3ccc(=[N+](C)C)cc-3oc2c1. The Morgan fingerprint density at radius 2 is 1.70 bits per heavy atom. The Bertz CT molecular complexity index is 1850. The topological polar surface area (TPSA) is 127 Å². The minimum absolute atomic E-state index is 0.0900. The number of hydrogen-bond acceptors (Lipinski definition) is 7. The van der Waals surface area contributed by atoms with E-state index in [4.69, 9.17) is 9.15 Å². The van der Waals surface area contributed by atoms with Crippen LogP contribution in [0.2, 0.25) is 0 Å². The fourth-order valence-electron chi connectivity index (χ4n) is 5.81. The number of hydrogen-bond donors (Lipinski definition) is 2. The second kappa shape index (κ2) is 15.0. The van der Waals surface area contributed by atoms with Crippen molar-refractivity contribution in [2.75, 3.05) is 46.2 Å². The van der Waals surface area contributed by atoms with Crippen LogP contribution in [0.25, 0.3) is 33.4 Å². The first-order chi connectivity index (χ1) is 22.6. The van der Waals surface area contributed by atoms with Crippen LogP contribution in [0.15, 0.2) is 71.2 Å². The van der Waals surface area contributed by atoms with E-state index in [9.17, 15) is 19.5 Å². The summed E-state index contributed by atoms with van der Waals surface area (Å²) in [7, 11) is 7.75. The highest BCUT2D eigenvalue weighted by Gasteiger charge is 2.22. The molecule has 2 amide bonds. The van der Waals surface area contributed by atoms with Gasteiger partial charge in [-0.05, 0) is 74.4 Å². The second-order valence-electron chi connectivity index (χ2n) is 12.2. The summed E-state index contributed by atoms with van der Waals surface area (Å²) in [5.74, 6) is -1.22. The number of carboxylic acid groups (broad SMARTS) is 1. The van der Waals surface area contributed by atoms with Gasteiger partial charge in [0.25, 0.3) is 5.91 Å². The molecule has 0 saturated heterocycles. The Morgan fingerprint density at radius 1 is 0.936 bits per heavy atom. The van der Waals surface area contributed by atoms with Crippen molar-refractivity contribution in [3.8, 4) is 22.5 Å². The molecule has 10 nitrogen and oxygen atoms in total. The van der Waals surface area contributed by atoms with Gasteiger partial charge < -0.3 is 34.6 Å². The molecule has 2 aromatic rings. The molecule has 1 unspecified atom stereocenters. The molecule has 246 valence electrons. The third-order valence-electron chi connectivity index (χ3n) is 8.39. The van der Waals surface area contributed by atoms with Gasteiger partial charge in [-0.1, -0.05) is 18.2 Å². The van der Waals surface area contributed by atoms with Gasteiger partial charge in [-0.15, -0.1) is 0 Å². The van der Waals surface area contributed by atoms with Gasteiger partial charge in [-0.3, -0.25) is 4.79 Å². The Hall–Kier alpha value is -5.12. The summed E-state index contributed by atoms with van der Waals surface area (Å²) < 4.78 is 13.9. The molecule has 0 radical (unpaired) electrons. The molecular weight excluding hydrogens is 596 g/mol. The summed E-state index contributed by atoms with van der Waals surface area (Å²) in [5.41, 5.74) is 3.45. The molecule has 2 aliphatic carbocycles. The van der Waals surface area contributed by atoms with Crippen molar-refractivity contribution in [1.82, 2.24) is 15.2 Å². The highest BCUT2D eigenvalue weighted by Crippen LogP contribution is 2.42. The van der Waals surface area contributed by atoms with Crippen LogP contribution in [0.4, 0.5) is 10.5 Å². The molecule has 0 fully saturated rings. The zero-order valence-electron chi connectivity index (χ0n) is 27.4. The lowest BCUT2D eigenvalue weighted by atomic mass is 9.89. The number of nitrogens with zero attached hydrogens (tertiary/aromatic N) is 2. The number of anilines is 1. The zero-order valence-corrected chi connectivity index (χ0v) is 27.4. The van der Waals surface area contributed by atoms with Crippen LogP contribution in [0.3, 0.4) is 0 Å². The van der Waals surface area contributed by atoms with Gasteiger partial charge >= 0.3 is 6.09 Å². The number of fused-ring (bicyclic) bond motifs is 2. The highest BCUT2D eigenvalue weighted by molar-refractivity contribution is 6.09. The van der Waals surface area contributed by atoms with E-state index in [2.05, 4.69) is 22.8 Å². The first kappa shape index (κ1) is 33.2. The van der Waals surface area contributed by atoms with E-state index in [0.29, 0.717) is 35.4 Å². The first-order valence-electron chi connectivity index (χ1n) is 16.0. The molecule has 0 spiro atoms. The highest BCUT2D eigenvalue weighted by atomic mass is 16.6. The molecule has 2 aromatic carbocycles. The number of amides is 2. The lowest BCUT2D eigenvalue weighted by Crippen LogP contribution is -2.32. The van der Waals surface area contributed by atoms with Gasteiger partial charge in [0.2, 0.25) is 5.36 Å². The van der Waals surface area contributed by atoms with Gasteiger partial charge in [0.1, 0.15) is 31.5 Å². The van der Waals surface area contributed by atoms with Crippen molar-refractivity contribution >= 4 is 34.6 Å². The van der Waals surface area contributed by atoms with Gasteiger partial charge in [0.15, 0.2) is 0 Å². The van der Waals surface area contributed by atoms with Crippen molar-refractivity contribution in [3.63, 3.8) is 0 Å². The Balaban J connectivity index is 1.34. The zero-order chi connectivity index (χ0) is 33.5. The molecule has 1 atom stereocenters. The largest absolute Gasteiger partial charge is 0.545 e. The smallest absolute Gasteiger partial charge is 0.407 e. The van der Waals surface area contributed by atoms with E-state index in [1.165, 1.54) is 6.07 Å². The van der Waals surface area contributed by atoms with E-state index >= 15 is 0 Å². The van der Waals surface area contributed by atoms with Gasteiger partial charge in [0, 0.05) is 72.6 Å².